The van der Waals surface area contributed by atoms with Gasteiger partial charge in [0.25, 0.3) is 0 Å². The Balaban J connectivity index is 2.55. The Kier molecular flexibility index (Phi) is 1.50. The van der Waals surface area contributed by atoms with Crippen LogP contribution in [0.15, 0.2) is 11.4 Å². The first-order valence-electron chi connectivity index (χ1n) is 3.63. The molecule has 0 saturated carbocycles. The predicted molar refractivity (Wildman–Crippen MR) is 45.4 cm³/mol. The van der Waals surface area contributed by atoms with Crippen molar-refractivity contribution in [1.29, 1.82) is 0 Å². The first kappa shape index (κ1) is 6.92. The number of aryl methyl sites for hydroxylation is 2. The van der Waals surface area contributed by atoms with Crippen LogP contribution in [0.1, 0.15) is 17.8 Å². The second-order valence-corrected chi connectivity index (χ2v) is 3.26. The van der Waals surface area contributed by atoms with Crippen molar-refractivity contribution in [2.24, 2.45) is 7.05 Å². The lowest BCUT2D eigenvalue weighted by Crippen LogP contribution is -1.98. The Bertz CT molecular complexity index is 312. The number of aromatic nitrogens is 2. The van der Waals surface area contributed by atoms with Gasteiger partial charge in [0, 0.05) is 12.1 Å². The van der Waals surface area contributed by atoms with Gasteiger partial charge in [-0.1, -0.05) is 11.6 Å². The molecule has 0 saturated heterocycles. The van der Waals surface area contributed by atoms with Gasteiger partial charge in [0.2, 0.25) is 0 Å². The van der Waals surface area contributed by atoms with E-state index in [2.05, 4.69) is 4.98 Å². The van der Waals surface area contributed by atoms with Gasteiger partial charge in [0.05, 0.1) is 17.7 Å². The van der Waals surface area contributed by atoms with Crippen LogP contribution in [0.3, 0.4) is 0 Å². The molecule has 2 rings (SSSR count). The molecule has 0 amide bonds. The number of hydrogen-bond donors (Lipinski definition) is 0. The summed E-state index contributed by atoms with van der Waals surface area (Å²) in [5.41, 5.74) is 2.32. The molecule has 0 aromatic carbocycles. The first-order chi connectivity index (χ1) is 5.27. The largest absolute Gasteiger partial charge is 0.334 e. The van der Waals surface area contributed by atoms with Crippen LogP contribution < -0.4 is 0 Å². The summed E-state index contributed by atoms with van der Waals surface area (Å²) in [6, 6.07) is 0. The van der Waals surface area contributed by atoms with Crippen LogP contribution in [0.25, 0.3) is 6.08 Å². The van der Waals surface area contributed by atoms with Crippen molar-refractivity contribution in [3.05, 3.63) is 22.7 Å². The number of fused-ring (bicyclic) bond motifs is 1. The number of hydrogen-bond acceptors (Lipinski definition) is 1. The molecule has 1 aromatic heterocycles. The van der Waals surface area contributed by atoms with Crippen LogP contribution in [0, 0.1) is 0 Å². The zero-order chi connectivity index (χ0) is 7.84. The molecule has 58 valence electrons. The first-order valence-corrected chi connectivity index (χ1v) is 4.01. The smallest absolute Gasteiger partial charge is 0.0951 e. The summed E-state index contributed by atoms with van der Waals surface area (Å²) >= 11 is 5.89. The molecule has 1 aromatic rings. The van der Waals surface area contributed by atoms with E-state index in [0.717, 1.165) is 29.3 Å². The Morgan fingerprint density at radius 3 is 3.18 bits per heavy atom. The van der Waals surface area contributed by atoms with Crippen molar-refractivity contribution in [3.63, 3.8) is 0 Å². The SMILES string of the molecule is Cn1cnc2c1C=C(Cl)CC2. The second-order valence-electron chi connectivity index (χ2n) is 2.78. The molecule has 0 bridgehead atoms. The third-order valence-electron chi connectivity index (χ3n) is 1.96. The third kappa shape index (κ3) is 1.07. The van der Waals surface area contributed by atoms with Gasteiger partial charge in [-0.25, -0.2) is 4.98 Å². The lowest BCUT2D eigenvalue weighted by atomic mass is 10.1. The van der Waals surface area contributed by atoms with Gasteiger partial charge in [-0.2, -0.15) is 0 Å². The molecule has 2 nitrogen and oxygen atoms in total. The van der Waals surface area contributed by atoms with E-state index >= 15 is 0 Å². The van der Waals surface area contributed by atoms with Gasteiger partial charge < -0.3 is 4.57 Å². The normalized spacial score (nSPS) is 16.0. The monoisotopic (exact) mass is 168 g/mol. The summed E-state index contributed by atoms with van der Waals surface area (Å²) in [4.78, 5) is 4.25. The maximum atomic E-state index is 5.89. The Morgan fingerprint density at radius 2 is 2.36 bits per heavy atom. The summed E-state index contributed by atoms with van der Waals surface area (Å²) in [5, 5.41) is 0.932. The highest BCUT2D eigenvalue weighted by Gasteiger charge is 2.12. The fourth-order valence-electron chi connectivity index (χ4n) is 1.32. The highest BCUT2D eigenvalue weighted by Crippen LogP contribution is 2.24. The fourth-order valence-corrected chi connectivity index (χ4v) is 1.52. The number of allylic oxidation sites excluding steroid dienone is 1. The Hall–Kier alpha value is -0.760. The average molecular weight is 169 g/mol. The number of nitrogens with zero attached hydrogens (tertiary/aromatic N) is 2. The summed E-state index contributed by atoms with van der Waals surface area (Å²) in [7, 11) is 1.98. The van der Waals surface area contributed by atoms with E-state index in [1.54, 1.807) is 0 Å². The molecule has 0 fully saturated rings. The molecule has 0 atom stereocenters. The van der Waals surface area contributed by atoms with Gasteiger partial charge in [-0.3, -0.25) is 0 Å². The van der Waals surface area contributed by atoms with Crippen LogP contribution in [0.4, 0.5) is 0 Å². The molecular weight excluding hydrogens is 160 g/mol. The van der Waals surface area contributed by atoms with Crippen molar-refractivity contribution in [1.82, 2.24) is 9.55 Å². The molecule has 1 heterocycles. The average Bonchev–Trinajstić information content (AvgIpc) is 2.33. The lowest BCUT2D eigenvalue weighted by molar-refractivity contribution is 0.881. The minimum atomic E-state index is 0.932. The molecule has 0 radical (unpaired) electrons. The summed E-state index contributed by atoms with van der Waals surface area (Å²) in [5.74, 6) is 0. The summed E-state index contributed by atoms with van der Waals surface area (Å²) in [6.45, 7) is 0. The van der Waals surface area contributed by atoms with E-state index in [0.29, 0.717) is 0 Å². The van der Waals surface area contributed by atoms with E-state index in [1.807, 2.05) is 24.0 Å². The minimum Gasteiger partial charge on any atom is -0.334 e. The standard InChI is InChI=1S/C8H9ClN2/c1-11-5-10-7-3-2-6(9)4-8(7)11/h4-5H,2-3H2,1H3. The second kappa shape index (κ2) is 2.38. The van der Waals surface area contributed by atoms with Crippen LogP contribution >= 0.6 is 11.6 Å². The molecule has 0 N–H and O–H groups in total. The minimum absolute atomic E-state index is 0.932. The Morgan fingerprint density at radius 1 is 1.55 bits per heavy atom. The van der Waals surface area contributed by atoms with Crippen molar-refractivity contribution in [2.75, 3.05) is 0 Å². The molecule has 0 spiro atoms. The van der Waals surface area contributed by atoms with E-state index < -0.39 is 0 Å². The molecule has 3 heteroatoms. The number of imidazole rings is 1. The molecule has 0 unspecified atom stereocenters. The van der Waals surface area contributed by atoms with Gasteiger partial charge in [-0.15, -0.1) is 0 Å². The van der Waals surface area contributed by atoms with E-state index in [-0.39, 0.29) is 0 Å². The summed E-state index contributed by atoms with van der Waals surface area (Å²) in [6.07, 6.45) is 5.74. The quantitative estimate of drug-likeness (QED) is 0.579. The third-order valence-corrected chi connectivity index (χ3v) is 2.25. The van der Waals surface area contributed by atoms with Gasteiger partial charge >= 0.3 is 0 Å². The molecule has 11 heavy (non-hydrogen) atoms. The lowest BCUT2D eigenvalue weighted by Gasteiger charge is -2.07. The predicted octanol–water partition coefficient (Wildman–Crippen LogP) is 1.95. The maximum Gasteiger partial charge on any atom is 0.0951 e. The highest BCUT2D eigenvalue weighted by molar-refractivity contribution is 6.31. The van der Waals surface area contributed by atoms with Crippen molar-refractivity contribution < 1.29 is 0 Å². The van der Waals surface area contributed by atoms with Crippen LogP contribution in [0.5, 0.6) is 0 Å². The highest BCUT2D eigenvalue weighted by atomic mass is 35.5. The number of rotatable bonds is 0. The van der Waals surface area contributed by atoms with Crippen molar-refractivity contribution in [3.8, 4) is 0 Å². The van der Waals surface area contributed by atoms with Crippen molar-refractivity contribution >= 4 is 17.7 Å². The molecule has 1 aliphatic carbocycles. The van der Waals surface area contributed by atoms with E-state index in [4.69, 9.17) is 11.6 Å². The maximum absolute atomic E-state index is 5.89. The zero-order valence-electron chi connectivity index (χ0n) is 6.34. The van der Waals surface area contributed by atoms with Gasteiger partial charge in [0.1, 0.15) is 0 Å². The zero-order valence-corrected chi connectivity index (χ0v) is 7.10. The Labute approximate surface area is 70.5 Å². The van der Waals surface area contributed by atoms with Crippen LogP contribution in [0.2, 0.25) is 0 Å². The van der Waals surface area contributed by atoms with E-state index in [1.165, 1.54) is 0 Å². The van der Waals surface area contributed by atoms with Crippen molar-refractivity contribution in [2.45, 2.75) is 12.8 Å². The van der Waals surface area contributed by atoms with Gasteiger partial charge in [0.15, 0.2) is 0 Å². The molecular formula is C8H9ClN2. The van der Waals surface area contributed by atoms with E-state index in [9.17, 15) is 0 Å². The molecule has 0 aliphatic heterocycles. The fraction of sp³-hybridized carbons (Fsp3) is 0.375. The van der Waals surface area contributed by atoms with Gasteiger partial charge in [-0.05, 0) is 18.9 Å². The summed E-state index contributed by atoms with van der Waals surface area (Å²) < 4.78 is 2.00. The topological polar surface area (TPSA) is 17.8 Å². The molecule has 1 aliphatic rings. The number of halogens is 1. The van der Waals surface area contributed by atoms with Crippen LogP contribution in [-0.2, 0) is 13.5 Å². The van der Waals surface area contributed by atoms with Crippen LogP contribution in [-0.4, -0.2) is 9.55 Å².